The van der Waals surface area contributed by atoms with Gasteiger partial charge < -0.3 is 15.3 Å². The third-order valence-corrected chi connectivity index (χ3v) is 5.42. The van der Waals surface area contributed by atoms with Crippen LogP contribution in [0.2, 0.25) is 0 Å². The fourth-order valence-electron chi connectivity index (χ4n) is 3.68. The average molecular weight is 452 g/mol. The van der Waals surface area contributed by atoms with Gasteiger partial charge in [0.1, 0.15) is 0 Å². The molecule has 12 heteroatoms. The predicted octanol–water partition coefficient (Wildman–Crippen LogP) is 5.02. The fraction of sp³-hybridized carbons (Fsp3) is 0.632. The van der Waals surface area contributed by atoms with E-state index in [0.29, 0.717) is 25.3 Å². The van der Waals surface area contributed by atoms with E-state index in [2.05, 4.69) is 15.2 Å². The van der Waals surface area contributed by atoms with E-state index in [9.17, 15) is 31.4 Å². The van der Waals surface area contributed by atoms with Crippen molar-refractivity contribution >= 4 is 5.69 Å². The summed E-state index contributed by atoms with van der Waals surface area (Å²) in [6.07, 6.45) is -9.32. The summed E-state index contributed by atoms with van der Waals surface area (Å²) in [6.45, 7) is 3.52. The van der Waals surface area contributed by atoms with Gasteiger partial charge in [-0.15, -0.1) is 10.2 Å². The van der Waals surface area contributed by atoms with E-state index in [1.54, 1.807) is 13.8 Å². The minimum Gasteiger partial charge on any atom is -0.416 e. The van der Waals surface area contributed by atoms with E-state index < -0.39 is 52.8 Å². The van der Waals surface area contributed by atoms with E-state index >= 15 is 0 Å². The molecule has 1 aliphatic heterocycles. The lowest BCUT2D eigenvalue weighted by Crippen LogP contribution is -2.42. The highest BCUT2D eigenvalue weighted by molar-refractivity contribution is 5.67. The lowest BCUT2D eigenvalue weighted by atomic mass is 9.81. The van der Waals surface area contributed by atoms with Crippen molar-refractivity contribution in [2.24, 2.45) is 5.41 Å². The zero-order valence-corrected chi connectivity index (χ0v) is 16.9. The number of halogens is 6. The van der Waals surface area contributed by atoms with Gasteiger partial charge in [0, 0.05) is 0 Å². The first-order chi connectivity index (χ1) is 14.1. The molecule has 0 saturated heterocycles. The number of nitrogens with two attached hydrogens (primary N) is 1. The van der Waals surface area contributed by atoms with Crippen LogP contribution in [0, 0.1) is 5.41 Å². The number of aromatic nitrogens is 3. The Balaban J connectivity index is 2.21. The van der Waals surface area contributed by atoms with Crippen molar-refractivity contribution in [2.75, 3.05) is 5.73 Å². The maximum absolute atomic E-state index is 13.6. The summed E-state index contributed by atoms with van der Waals surface area (Å²) >= 11 is 0. The Bertz CT molecular complexity index is 954. The van der Waals surface area contributed by atoms with E-state index in [-0.39, 0.29) is 24.2 Å². The Morgan fingerprint density at radius 3 is 2.29 bits per heavy atom. The summed E-state index contributed by atoms with van der Waals surface area (Å²) in [5, 5.41) is 17.1. The summed E-state index contributed by atoms with van der Waals surface area (Å²) in [7, 11) is 0. The van der Waals surface area contributed by atoms with Crippen LogP contribution in [0.3, 0.4) is 0 Å². The molecule has 6 nitrogen and oxygen atoms in total. The van der Waals surface area contributed by atoms with Gasteiger partial charge in [-0.25, -0.2) is 4.98 Å². The van der Waals surface area contributed by atoms with E-state index in [1.807, 2.05) is 0 Å². The van der Waals surface area contributed by atoms with Gasteiger partial charge in [-0.05, 0) is 37.2 Å². The quantitative estimate of drug-likeness (QED) is 0.545. The highest BCUT2D eigenvalue weighted by Crippen LogP contribution is 2.44. The van der Waals surface area contributed by atoms with E-state index in [1.165, 1.54) is 0 Å². The molecule has 0 saturated carbocycles. The topological polar surface area (TPSA) is 98.1 Å². The number of aliphatic hydroxyl groups is 1. The second kappa shape index (κ2) is 7.64. The first kappa shape index (κ1) is 23.3. The highest BCUT2D eigenvalue weighted by Gasteiger charge is 2.58. The normalized spacial score (nSPS) is 22.7. The SMILES string of the molecule is CC1(C)CCCCCC(O)(C(F)(F)F)c2nnc(o2)-c2nc(c(C(F)(F)F)cc2N)C1. The monoisotopic (exact) mass is 452 g/mol. The van der Waals surface area contributed by atoms with Gasteiger partial charge in [0.2, 0.25) is 5.60 Å². The van der Waals surface area contributed by atoms with Gasteiger partial charge in [-0.1, -0.05) is 26.7 Å². The van der Waals surface area contributed by atoms with Crippen LogP contribution in [0.4, 0.5) is 32.0 Å². The fourth-order valence-corrected chi connectivity index (χ4v) is 3.68. The van der Waals surface area contributed by atoms with Gasteiger partial charge >= 0.3 is 12.4 Å². The molecule has 2 aromatic rings. The number of fused-ring (bicyclic) bond motifs is 5. The molecule has 0 spiro atoms. The number of rotatable bonds is 0. The molecule has 0 aromatic carbocycles. The van der Waals surface area contributed by atoms with Crippen LogP contribution in [-0.2, 0) is 18.2 Å². The maximum Gasteiger partial charge on any atom is 0.426 e. The molecule has 1 unspecified atom stereocenters. The first-order valence-corrected chi connectivity index (χ1v) is 9.64. The van der Waals surface area contributed by atoms with Gasteiger partial charge in [0.25, 0.3) is 11.8 Å². The molecule has 0 amide bonds. The van der Waals surface area contributed by atoms with Crippen molar-refractivity contribution in [3.63, 3.8) is 0 Å². The lowest BCUT2D eigenvalue weighted by Gasteiger charge is -2.28. The minimum atomic E-state index is -5.10. The van der Waals surface area contributed by atoms with Crippen LogP contribution in [-0.4, -0.2) is 26.5 Å². The van der Waals surface area contributed by atoms with Crippen LogP contribution < -0.4 is 5.73 Å². The molecule has 172 valence electrons. The Hall–Kier alpha value is -2.37. The van der Waals surface area contributed by atoms with Gasteiger partial charge in [-0.3, -0.25) is 0 Å². The number of alkyl halides is 6. The minimum absolute atomic E-state index is 0.00326. The smallest absolute Gasteiger partial charge is 0.416 e. The van der Waals surface area contributed by atoms with Crippen molar-refractivity contribution < 1.29 is 35.9 Å². The second-order valence-corrected chi connectivity index (χ2v) is 8.59. The van der Waals surface area contributed by atoms with Crippen molar-refractivity contribution in [3.05, 3.63) is 23.2 Å². The average Bonchev–Trinajstić information content (AvgIpc) is 3.09. The van der Waals surface area contributed by atoms with E-state index in [4.69, 9.17) is 10.2 Å². The summed E-state index contributed by atoms with van der Waals surface area (Å²) in [6, 6.07) is 0.666. The van der Waals surface area contributed by atoms with Crippen molar-refractivity contribution in [1.29, 1.82) is 0 Å². The van der Waals surface area contributed by atoms with Crippen molar-refractivity contribution in [2.45, 2.75) is 70.3 Å². The van der Waals surface area contributed by atoms with Crippen LogP contribution in [0.5, 0.6) is 0 Å². The Kier molecular flexibility index (Phi) is 5.74. The largest absolute Gasteiger partial charge is 0.426 e. The Labute approximate surface area is 173 Å². The molecule has 4 bridgehead atoms. The molecule has 3 N–H and O–H groups in total. The third kappa shape index (κ3) is 4.63. The van der Waals surface area contributed by atoms with Gasteiger partial charge in [0.05, 0.1) is 16.9 Å². The lowest BCUT2D eigenvalue weighted by molar-refractivity contribution is -0.277. The number of nitrogens with zero attached hydrogens (tertiary/aromatic N) is 3. The van der Waals surface area contributed by atoms with Crippen LogP contribution in [0.25, 0.3) is 11.6 Å². The molecular formula is C19H22F6N4O2. The molecule has 1 atom stereocenters. The predicted molar refractivity (Wildman–Crippen MR) is 97.5 cm³/mol. The molecule has 0 aliphatic carbocycles. The van der Waals surface area contributed by atoms with Crippen LogP contribution in [0.15, 0.2) is 10.5 Å². The summed E-state index contributed by atoms with van der Waals surface area (Å²) in [5.74, 6) is -1.70. The molecule has 3 rings (SSSR count). The van der Waals surface area contributed by atoms with E-state index in [0.717, 1.165) is 0 Å². The standard InChI is InChI=1S/C19H22F6N4O2/c1-16(2)6-4-3-5-7-17(30,19(23,24)25)15-29-28-14(31-15)13-11(26)8-10(18(20,21)22)12(9-16)27-13/h8,30H,3-7,9,26H2,1-2H3. The summed E-state index contributed by atoms with van der Waals surface area (Å²) < 4.78 is 86.7. The molecule has 3 heterocycles. The number of anilines is 1. The molecule has 31 heavy (non-hydrogen) atoms. The molecule has 0 radical (unpaired) electrons. The number of hydrogen-bond donors (Lipinski definition) is 2. The second-order valence-electron chi connectivity index (χ2n) is 8.59. The summed E-state index contributed by atoms with van der Waals surface area (Å²) in [5.41, 5.74) is -0.478. The molecule has 0 fully saturated rings. The number of nitrogen functional groups attached to an aromatic ring is 1. The van der Waals surface area contributed by atoms with Crippen LogP contribution in [0.1, 0.15) is 63.1 Å². The zero-order chi connectivity index (χ0) is 23.2. The highest BCUT2D eigenvalue weighted by atomic mass is 19.4. The first-order valence-electron chi connectivity index (χ1n) is 9.64. The van der Waals surface area contributed by atoms with Crippen LogP contribution >= 0.6 is 0 Å². The van der Waals surface area contributed by atoms with Crippen molar-refractivity contribution in [1.82, 2.24) is 15.2 Å². The zero-order valence-electron chi connectivity index (χ0n) is 16.9. The number of pyridine rings is 1. The van der Waals surface area contributed by atoms with Crippen molar-refractivity contribution in [3.8, 4) is 11.6 Å². The Morgan fingerprint density at radius 1 is 1.03 bits per heavy atom. The maximum atomic E-state index is 13.6. The Morgan fingerprint density at radius 2 is 1.68 bits per heavy atom. The molecule has 2 aromatic heterocycles. The summed E-state index contributed by atoms with van der Waals surface area (Å²) in [4.78, 5) is 3.97. The van der Waals surface area contributed by atoms with Gasteiger partial charge in [0.15, 0.2) is 5.69 Å². The number of hydrogen-bond acceptors (Lipinski definition) is 6. The molecular weight excluding hydrogens is 430 g/mol. The molecule has 1 aliphatic rings. The third-order valence-electron chi connectivity index (χ3n) is 5.42. The van der Waals surface area contributed by atoms with Gasteiger partial charge in [-0.2, -0.15) is 26.3 Å².